The minimum absolute atomic E-state index is 0.183. The second kappa shape index (κ2) is 8.15. The molecule has 1 aliphatic rings. The van der Waals surface area contributed by atoms with Crippen LogP contribution in [0.2, 0.25) is 5.02 Å². The predicted molar refractivity (Wildman–Crippen MR) is 105 cm³/mol. The van der Waals surface area contributed by atoms with Crippen LogP contribution >= 0.6 is 11.6 Å². The van der Waals surface area contributed by atoms with Crippen LogP contribution in [0.3, 0.4) is 0 Å². The van der Waals surface area contributed by atoms with E-state index in [4.69, 9.17) is 16.3 Å². The van der Waals surface area contributed by atoms with Crippen LogP contribution in [0.1, 0.15) is 15.9 Å². The minimum Gasteiger partial charge on any atom is -0.497 e. The smallest absolute Gasteiger partial charge is 0.337 e. The molecule has 0 spiro atoms. The van der Waals surface area contributed by atoms with Gasteiger partial charge in [0.1, 0.15) is 11.3 Å². The van der Waals surface area contributed by atoms with Crippen molar-refractivity contribution in [2.24, 2.45) is 0 Å². The molecule has 9 heteroatoms. The second-order valence-corrected chi connectivity index (χ2v) is 6.36. The molecule has 3 rings (SSSR count). The number of anilines is 1. The number of benzene rings is 2. The van der Waals surface area contributed by atoms with E-state index in [0.29, 0.717) is 16.3 Å². The first-order chi connectivity index (χ1) is 13.8. The molecule has 0 saturated carbocycles. The van der Waals surface area contributed by atoms with Gasteiger partial charge in [-0.1, -0.05) is 11.6 Å². The van der Waals surface area contributed by atoms with Crippen molar-refractivity contribution in [2.45, 2.75) is 0 Å². The molecule has 0 aromatic heterocycles. The molecule has 29 heavy (non-hydrogen) atoms. The third-order valence-electron chi connectivity index (χ3n) is 4.09. The number of ether oxygens (including phenoxy) is 2. The first-order valence-corrected chi connectivity index (χ1v) is 8.66. The van der Waals surface area contributed by atoms with E-state index in [1.54, 1.807) is 18.2 Å². The first kappa shape index (κ1) is 20.1. The van der Waals surface area contributed by atoms with Gasteiger partial charge in [-0.25, -0.2) is 14.5 Å². The molecule has 1 fully saturated rings. The number of barbiturate groups is 1. The van der Waals surface area contributed by atoms with Gasteiger partial charge in [-0.15, -0.1) is 0 Å². The molecule has 148 valence electrons. The van der Waals surface area contributed by atoms with Gasteiger partial charge in [-0.05, 0) is 54.1 Å². The van der Waals surface area contributed by atoms with Crippen LogP contribution in [0.5, 0.6) is 5.75 Å². The molecule has 0 atom stereocenters. The Morgan fingerprint density at radius 2 is 1.76 bits per heavy atom. The monoisotopic (exact) mass is 414 g/mol. The second-order valence-electron chi connectivity index (χ2n) is 5.92. The summed E-state index contributed by atoms with van der Waals surface area (Å²) in [5.41, 5.74) is 0.621. The van der Waals surface area contributed by atoms with Gasteiger partial charge in [-0.2, -0.15) is 0 Å². The average Bonchev–Trinajstić information content (AvgIpc) is 2.70. The van der Waals surface area contributed by atoms with Crippen molar-refractivity contribution in [3.05, 3.63) is 64.2 Å². The number of methoxy groups -OCH3 is 2. The number of nitrogens with one attached hydrogen (secondary N) is 1. The van der Waals surface area contributed by atoms with E-state index in [-0.39, 0.29) is 16.8 Å². The Morgan fingerprint density at radius 1 is 1.07 bits per heavy atom. The summed E-state index contributed by atoms with van der Waals surface area (Å²) >= 11 is 6.02. The number of hydrogen-bond acceptors (Lipinski definition) is 6. The lowest BCUT2D eigenvalue weighted by molar-refractivity contribution is -0.122. The predicted octanol–water partition coefficient (Wildman–Crippen LogP) is 2.80. The van der Waals surface area contributed by atoms with Crippen LogP contribution in [-0.4, -0.2) is 38.0 Å². The summed E-state index contributed by atoms with van der Waals surface area (Å²) in [4.78, 5) is 49.7. The molecule has 0 unspecified atom stereocenters. The zero-order valence-electron chi connectivity index (χ0n) is 15.4. The van der Waals surface area contributed by atoms with Crippen molar-refractivity contribution in [1.29, 1.82) is 0 Å². The van der Waals surface area contributed by atoms with Gasteiger partial charge >= 0.3 is 12.0 Å². The fourth-order valence-electron chi connectivity index (χ4n) is 2.71. The molecule has 2 aromatic rings. The maximum Gasteiger partial charge on any atom is 0.337 e. The van der Waals surface area contributed by atoms with E-state index in [9.17, 15) is 19.2 Å². The number of rotatable bonds is 4. The van der Waals surface area contributed by atoms with Crippen LogP contribution in [0.25, 0.3) is 6.08 Å². The normalized spacial score (nSPS) is 15.3. The van der Waals surface area contributed by atoms with Crippen LogP contribution in [0.15, 0.2) is 48.0 Å². The van der Waals surface area contributed by atoms with Crippen LogP contribution in [0.4, 0.5) is 10.5 Å². The Morgan fingerprint density at radius 3 is 2.38 bits per heavy atom. The molecule has 0 radical (unpaired) electrons. The molecule has 8 nitrogen and oxygen atoms in total. The summed E-state index contributed by atoms with van der Waals surface area (Å²) in [5.74, 6) is -1.76. The van der Waals surface area contributed by atoms with Gasteiger partial charge in [0, 0.05) is 5.02 Å². The zero-order chi connectivity index (χ0) is 21.1. The molecule has 2 aromatic carbocycles. The lowest BCUT2D eigenvalue weighted by Gasteiger charge is -2.26. The Kier molecular flexibility index (Phi) is 5.65. The minimum atomic E-state index is -0.897. The van der Waals surface area contributed by atoms with E-state index in [2.05, 4.69) is 10.1 Å². The van der Waals surface area contributed by atoms with Crippen LogP contribution in [0, 0.1) is 0 Å². The number of esters is 1. The summed E-state index contributed by atoms with van der Waals surface area (Å²) in [6, 6.07) is 9.43. The highest BCUT2D eigenvalue weighted by Gasteiger charge is 2.36. The van der Waals surface area contributed by atoms with Crippen molar-refractivity contribution in [2.75, 3.05) is 19.1 Å². The fourth-order valence-corrected chi connectivity index (χ4v) is 2.94. The Balaban J connectivity index is 1.98. The molecule has 1 aliphatic heterocycles. The molecule has 1 saturated heterocycles. The molecule has 4 amide bonds. The Labute approximate surface area is 170 Å². The zero-order valence-corrected chi connectivity index (χ0v) is 16.1. The van der Waals surface area contributed by atoms with Gasteiger partial charge in [0.25, 0.3) is 11.8 Å². The van der Waals surface area contributed by atoms with Gasteiger partial charge < -0.3 is 9.47 Å². The lowest BCUT2D eigenvalue weighted by atomic mass is 10.1. The van der Waals surface area contributed by atoms with Crippen molar-refractivity contribution < 1.29 is 28.7 Å². The van der Waals surface area contributed by atoms with Crippen molar-refractivity contribution in [1.82, 2.24) is 5.32 Å². The maximum atomic E-state index is 12.9. The molecule has 1 N–H and O–H groups in total. The van der Waals surface area contributed by atoms with E-state index >= 15 is 0 Å². The number of carbonyl (C=O) groups excluding carboxylic acids is 4. The number of carbonyl (C=O) groups is 4. The first-order valence-electron chi connectivity index (χ1n) is 8.28. The summed E-state index contributed by atoms with van der Waals surface area (Å²) < 4.78 is 9.74. The summed E-state index contributed by atoms with van der Waals surface area (Å²) in [6.45, 7) is 0. The Bertz CT molecular complexity index is 1050. The maximum absolute atomic E-state index is 12.9. The number of imide groups is 2. The summed E-state index contributed by atoms with van der Waals surface area (Å²) in [5, 5.41) is 2.48. The third kappa shape index (κ3) is 4.12. The average molecular weight is 415 g/mol. The highest BCUT2D eigenvalue weighted by atomic mass is 35.5. The topological polar surface area (TPSA) is 102 Å². The van der Waals surface area contributed by atoms with Gasteiger partial charge in [0.05, 0.1) is 25.5 Å². The molecular weight excluding hydrogens is 400 g/mol. The van der Waals surface area contributed by atoms with Gasteiger partial charge in [0.2, 0.25) is 0 Å². The van der Waals surface area contributed by atoms with E-state index < -0.39 is 23.8 Å². The van der Waals surface area contributed by atoms with Crippen LogP contribution in [-0.2, 0) is 14.3 Å². The van der Waals surface area contributed by atoms with Crippen molar-refractivity contribution in [3.8, 4) is 5.75 Å². The number of hydrogen-bond donors (Lipinski definition) is 1. The van der Waals surface area contributed by atoms with Crippen LogP contribution < -0.4 is 15.0 Å². The number of urea groups is 1. The molecular formula is C20H15ClN2O6. The van der Waals surface area contributed by atoms with Gasteiger partial charge in [0.15, 0.2) is 0 Å². The largest absolute Gasteiger partial charge is 0.497 e. The van der Waals surface area contributed by atoms with Crippen molar-refractivity contribution >= 4 is 47.2 Å². The number of nitrogens with zero attached hydrogens (tertiary/aromatic N) is 1. The van der Waals surface area contributed by atoms with Crippen molar-refractivity contribution in [3.63, 3.8) is 0 Å². The summed E-state index contributed by atoms with van der Waals surface area (Å²) in [7, 11) is 2.70. The SMILES string of the molecule is COC(=O)c1ccc(N2C(=O)NC(=O)/C(=C\c3cc(Cl)cc(OC)c3)C2=O)cc1. The number of amides is 4. The summed E-state index contributed by atoms with van der Waals surface area (Å²) in [6.07, 6.45) is 1.31. The Hall–Kier alpha value is -3.65. The fraction of sp³-hybridized carbons (Fsp3) is 0.100. The molecule has 1 heterocycles. The molecule has 0 aliphatic carbocycles. The molecule has 0 bridgehead atoms. The standard InChI is InChI=1S/C20H15ClN2O6/c1-28-15-8-11(7-13(21)10-15)9-16-17(24)22-20(27)23(18(16)25)14-5-3-12(4-6-14)19(26)29-2/h3-10H,1-2H3,(H,22,24,27)/b16-9+. The van der Waals surface area contributed by atoms with E-state index in [1.165, 1.54) is 44.6 Å². The van der Waals surface area contributed by atoms with E-state index in [1.807, 2.05) is 0 Å². The number of halogens is 1. The quantitative estimate of drug-likeness (QED) is 0.469. The highest BCUT2D eigenvalue weighted by Crippen LogP contribution is 2.25. The third-order valence-corrected chi connectivity index (χ3v) is 4.31. The lowest BCUT2D eigenvalue weighted by Crippen LogP contribution is -2.54. The highest BCUT2D eigenvalue weighted by molar-refractivity contribution is 6.39. The van der Waals surface area contributed by atoms with E-state index in [0.717, 1.165) is 4.90 Å². The van der Waals surface area contributed by atoms with Gasteiger partial charge in [-0.3, -0.25) is 14.9 Å².